The lowest BCUT2D eigenvalue weighted by Crippen LogP contribution is -2.39. The molecule has 0 fully saturated rings. The highest BCUT2D eigenvalue weighted by Gasteiger charge is 2.16. The van der Waals surface area contributed by atoms with Gasteiger partial charge in [-0.05, 0) is 24.5 Å². The molecule has 110 valence electrons. The molecule has 0 bridgehead atoms. The molecule has 1 heterocycles. The number of nitrogens with one attached hydrogen (secondary N) is 1. The minimum atomic E-state index is 0.204. The first-order chi connectivity index (χ1) is 9.65. The number of aromatic nitrogens is 2. The Morgan fingerprint density at radius 3 is 2.80 bits per heavy atom. The van der Waals surface area contributed by atoms with Crippen LogP contribution in [0.15, 0.2) is 24.3 Å². The zero-order chi connectivity index (χ0) is 14.5. The quantitative estimate of drug-likeness (QED) is 0.596. The van der Waals surface area contributed by atoms with Gasteiger partial charge in [-0.25, -0.2) is 4.98 Å². The largest absolute Gasteiger partial charge is 0.384 e. The number of nitrogens with zero attached hydrogens (tertiary/aromatic N) is 2. The van der Waals surface area contributed by atoms with E-state index >= 15 is 0 Å². The van der Waals surface area contributed by atoms with Crippen molar-refractivity contribution in [3.8, 4) is 0 Å². The molecule has 0 amide bonds. The molecule has 20 heavy (non-hydrogen) atoms. The van der Waals surface area contributed by atoms with E-state index in [0.717, 1.165) is 36.3 Å². The van der Waals surface area contributed by atoms with Crippen molar-refractivity contribution in [1.82, 2.24) is 15.0 Å². The summed E-state index contributed by atoms with van der Waals surface area (Å²) in [7, 11) is 3.78. The van der Waals surface area contributed by atoms with Gasteiger partial charge < -0.3 is 9.30 Å². The number of fused-ring (bicyclic) bond motifs is 1. The van der Waals surface area contributed by atoms with Crippen molar-refractivity contribution in [2.75, 3.05) is 13.7 Å². The second kappa shape index (κ2) is 6.83. The number of ether oxygens (including phenoxy) is 1. The van der Waals surface area contributed by atoms with Gasteiger partial charge in [0, 0.05) is 33.2 Å². The van der Waals surface area contributed by atoms with E-state index in [-0.39, 0.29) is 6.04 Å². The molecule has 0 saturated heterocycles. The molecular formula is C15H24N4O. The molecule has 5 heteroatoms. The maximum Gasteiger partial charge on any atom is 0.111 e. The molecule has 0 aliphatic rings. The Hall–Kier alpha value is -1.43. The number of imidazole rings is 1. The average Bonchev–Trinajstić information content (AvgIpc) is 2.75. The Bertz CT molecular complexity index is 552. The van der Waals surface area contributed by atoms with Crippen LogP contribution in [0.1, 0.15) is 19.2 Å². The van der Waals surface area contributed by atoms with Gasteiger partial charge in [0.15, 0.2) is 0 Å². The van der Waals surface area contributed by atoms with Gasteiger partial charge in [0.05, 0.1) is 11.0 Å². The summed E-state index contributed by atoms with van der Waals surface area (Å²) in [6, 6.07) is 8.38. The molecule has 1 aromatic carbocycles. The summed E-state index contributed by atoms with van der Waals surface area (Å²) in [6.07, 6.45) is 1.78. The monoisotopic (exact) mass is 276 g/mol. The molecule has 0 aliphatic heterocycles. The molecule has 3 N–H and O–H groups in total. The van der Waals surface area contributed by atoms with E-state index in [9.17, 15) is 0 Å². The van der Waals surface area contributed by atoms with Crippen LogP contribution >= 0.6 is 0 Å². The second-order valence-electron chi connectivity index (χ2n) is 5.44. The summed E-state index contributed by atoms with van der Waals surface area (Å²) >= 11 is 0. The number of hydrogen-bond donors (Lipinski definition) is 2. The van der Waals surface area contributed by atoms with Crippen LogP contribution in [0.5, 0.6) is 0 Å². The molecule has 0 aliphatic carbocycles. The van der Waals surface area contributed by atoms with Crippen LogP contribution in [-0.2, 0) is 18.2 Å². The summed E-state index contributed by atoms with van der Waals surface area (Å²) in [5.41, 5.74) is 5.09. The number of rotatable bonds is 7. The van der Waals surface area contributed by atoms with Crippen LogP contribution in [-0.4, -0.2) is 29.3 Å². The summed E-state index contributed by atoms with van der Waals surface area (Å²) in [6.45, 7) is 2.92. The third-order valence-electron chi connectivity index (χ3n) is 3.68. The van der Waals surface area contributed by atoms with E-state index in [2.05, 4.69) is 35.0 Å². The zero-order valence-electron chi connectivity index (χ0n) is 12.5. The van der Waals surface area contributed by atoms with E-state index in [1.165, 1.54) is 0 Å². The van der Waals surface area contributed by atoms with Gasteiger partial charge in [0.2, 0.25) is 0 Å². The Kier molecular flexibility index (Phi) is 5.11. The average molecular weight is 276 g/mol. The number of para-hydroxylation sites is 2. The maximum atomic E-state index is 5.68. The van der Waals surface area contributed by atoms with E-state index in [1.54, 1.807) is 7.11 Å². The fourth-order valence-corrected chi connectivity index (χ4v) is 2.65. The fourth-order valence-electron chi connectivity index (χ4n) is 2.65. The molecule has 2 atom stereocenters. The predicted octanol–water partition coefficient (Wildman–Crippen LogP) is 1.62. The standard InChI is InChI=1S/C15H24N4O/c1-11(10-20-3)8-12(18-16)9-15-17-13-6-4-5-7-14(13)19(15)2/h4-7,11-12,18H,8-10,16H2,1-3H3. The normalized spacial score (nSPS) is 14.6. The van der Waals surface area contributed by atoms with Gasteiger partial charge in [0.25, 0.3) is 0 Å². The molecule has 0 spiro atoms. The van der Waals surface area contributed by atoms with Crippen LogP contribution in [0.25, 0.3) is 11.0 Å². The Morgan fingerprint density at radius 1 is 1.40 bits per heavy atom. The first kappa shape index (κ1) is 15.0. The SMILES string of the molecule is COCC(C)CC(Cc1nc2ccccc2n1C)NN. The van der Waals surface area contributed by atoms with E-state index in [0.29, 0.717) is 5.92 Å². The minimum absolute atomic E-state index is 0.204. The van der Waals surface area contributed by atoms with Crippen molar-refractivity contribution in [1.29, 1.82) is 0 Å². The van der Waals surface area contributed by atoms with Crippen LogP contribution in [0.2, 0.25) is 0 Å². The number of aryl methyl sites for hydroxylation is 1. The Balaban J connectivity index is 2.11. The minimum Gasteiger partial charge on any atom is -0.384 e. The molecule has 1 aromatic heterocycles. The summed E-state index contributed by atoms with van der Waals surface area (Å²) in [4.78, 5) is 4.69. The van der Waals surface area contributed by atoms with Crippen molar-refractivity contribution in [2.24, 2.45) is 18.8 Å². The first-order valence-electron chi connectivity index (χ1n) is 7.01. The lowest BCUT2D eigenvalue weighted by molar-refractivity contribution is 0.149. The second-order valence-corrected chi connectivity index (χ2v) is 5.44. The Morgan fingerprint density at radius 2 is 2.15 bits per heavy atom. The summed E-state index contributed by atoms with van der Waals surface area (Å²) in [5.74, 6) is 7.20. The number of hydrazine groups is 1. The van der Waals surface area contributed by atoms with Crippen LogP contribution in [0, 0.1) is 5.92 Å². The molecule has 5 nitrogen and oxygen atoms in total. The molecule has 2 unspecified atom stereocenters. The van der Waals surface area contributed by atoms with Crippen LogP contribution < -0.4 is 11.3 Å². The third kappa shape index (κ3) is 3.36. The van der Waals surface area contributed by atoms with Crippen molar-refractivity contribution in [2.45, 2.75) is 25.8 Å². The molecule has 0 saturated carbocycles. The van der Waals surface area contributed by atoms with Crippen LogP contribution in [0.3, 0.4) is 0 Å². The number of methoxy groups -OCH3 is 1. The zero-order valence-corrected chi connectivity index (χ0v) is 12.5. The number of hydrogen-bond acceptors (Lipinski definition) is 4. The van der Waals surface area contributed by atoms with E-state index in [4.69, 9.17) is 10.6 Å². The van der Waals surface area contributed by atoms with Crippen molar-refractivity contribution >= 4 is 11.0 Å². The first-order valence-corrected chi connectivity index (χ1v) is 7.01. The number of benzene rings is 1. The topological polar surface area (TPSA) is 65.1 Å². The smallest absolute Gasteiger partial charge is 0.111 e. The Labute approximate surface area is 120 Å². The lowest BCUT2D eigenvalue weighted by Gasteiger charge is -2.19. The highest BCUT2D eigenvalue weighted by molar-refractivity contribution is 5.75. The summed E-state index contributed by atoms with van der Waals surface area (Å²) < 4.78 is 7.32. The van der Waals surface area contributed by atoms with E-state index < -0.39 is 0 Å². The van der Waals surface area contributed by atoms with E-state index in [1.807, 2.05) is 18.2 Å². The van der Waals surface area contributed by atoms with Crippen molar-refractivity contribution < 1.29 is 4.74 Å². The lowest BCUT2D eigenvalue weighted by atomic mass is 10.0. The molecule has 2 rings (SSSR count). The summed E-state index contributed by atoms with van der Waals surface area (Å²) in [5, 5.41) is 0. The third-order valence-corrected chi connectivity index (χ3v) is 3.68. The van der Waals surface area contributed by atoms with Gasteiger partial charge in [-0.15, -0.1) is 0 Å². The van der Waals surface area contributed by atoms with Gasteiger partial charge in [-0.1, -0.05) is 19.1 Å². The fraction of sp³-hybridized carbons (Fsp3) is 0.533. The van der Waals surface area contributed by atoms with Gasteiger partial charge in [0.1, 0.15) is 5.82 Å². The molecule has 0 radical (unpaired) electrons. The molecule has 2 aromatic rings. The van der Waals surface area contributed by atoms with Gasteiger partial charge >= 0.3 is 0 Å². The molecular weight excluding hydrogens is 252 g/mol. The van der Waals surface area contributed by atoms with Crippen molar-refractivity contribution in [3.63, 3.8) is 0 Å². The highest BCUT2D eigenvalue weighted by atomic mass is 16.5. The number of nitrogens with two attached hydrogens (primary N) is 1. The van der Waals surface area contributed by atoms with Gasteiger partial charge in [-0.2, -0.15) is 0 Å². The predicted molar refractivity (Wildman–Crippen MR) is 81.2 cm³/mol. The van der Waals surface area contributed by atoms with Gasteiger partial charge in [-0.3, -0.25) is 11.3 Å². The van der Waals surface area contributed by atoms with Crippen molar-refractivity contribution in [3.05, 3.63) is 30.1 Å². The highest BCUT2D eigenvalue weighted by Crippen LogP contribution is 2.17. The van der Waals surface area contributed by atoms with Crippen LogP contribution in [0.4, 0.5) is 0 Å². The maximum absolute atomic E-state index is 5.68.